The molecule has 1 aliphatic heterocycles. The second-order valence-electron chi connectivity index (χ2n) is 7.05. The Morgan fingerprint density at radius 1 is 0.906 bits per heavy atom. The van der Waals surface area contributed by atoms with Gasteiger partial charge in [0.25, 0.3) is 11.8 Å². The van der Waals surface area contributed by atoms with Crippen LogP contribution in [0.15, 0.2) is 84.4 Å². The Balaban J connectivity index is 1.58. The van der Waals surface area contributed by atoms with Crippen LogP contribution in [0.3, 0.4) is 0 Å². The highest BCUT2D eigenvalue weighted by molar-refractivity contribution is 7.80. The predicted octanol–water partition coefficient (Wildman–Crippen LogP) is 4.51. The molecule has 2 amide bonds. The summed E-state index contributed by atoms with van der Waals surface area (Å²) >= 11 is 5.24. The zero-order valence-electron chi connectivity index (χ0n) is 17.1. The third kappa shape index (κ3) is 4.48. The highest BCUT2D eigenvalue weighted by Gasteiger charge is 2.34. The number of ether oxygens (including phenoxy) is 1. The number of carbonyl (C=O) groups is 3. The summed E-state index contributed by atoms with van der Waals surface area (Å²) in [5.41, 5.74) is 1.61. The van der Waals surface area contributed by atoms with Crippen molar-refractivity contribution < 1.29 is 19.1 Å². The molecule has 0 radical (unpaired) electrons. The van der Waals surface area contributed by atoms with Crippen LogP contribution >= 0.6 is 12.2 Å². The van der Waals surface area contributed by atoms with Gasteiger partial charge in [-0.2, -0.15) is 0 Å². The first-order valence-corrected chi connectivity index (χ1v) is 10.2. The number of amides is 2. The average Bonchev–Trinajstić information content (AvgIpc) is 2.79. The maximum atomic E-state index is 13.1. The van der Waals surface area contributed by atoms with Gasteiger partial charge in [0, 0.05) is 5.56 Å². The van der Waals surface area contributed by atoms with E-state index in [1.54, 1.807) is 48.5 Å². The fraction of sp³-hybridized carbons (Fsp3) is 0.0400. The fourth-order valence-corrected chi connectivity index (χ4v) is 3.44. The van der Waals surface area contributed by atoms with E-state index >= 15 is 0 Å². The van der Waals surface area contributed by atoms with Gasteiger partial charge in [-0.3, -0.25) is 24.6 Å². The normalized spacial score (nSPS) is 15.0. The number of anilines is 1. The fourth-order valence-electron chi connectivity index (χ4n) is 3.16. The number of nitrogens with one attached hydrogen (secondary N) is 1. The van der Waals surface area contributed by atoms with Gasteiger partial charge < -0.3 is 4.74 Å². The predicted molar refractivity (Wildman–Crippen MR) is 126 cm³/mol. The summed E-state index contributed by atoms with van der Waals surface area (Å²) in [7, 11) is 0. The molecule has 0 unspecified atom stereocenters. The van der Waals surface area contributed by atoms with E-state index in [0.29, 0.717) is 28.3 Å². The minimum atomic E-state index is -0.573. The van der Waals surface area contributed by atoms with Crippen LogP contribution in [0.2, 0.25) is 0 Å². The second kappa shape index (κ2) is 8.95. The van der Waals surface area contributed by atoms with Crippen molar-refractivity contribution in [3.63, 3.8) is 0 Å². The summed E-state index contributed by atoms with van der Waals surface area (Å²) in [5, 5.41) is 2.56. The smallest absolute Gasteiger partial charge is 0.270 e. The quantitative estimate of drug-likeness (QED) is 0.272. The van der Waals surface area contributed by atoms with Crippen molar-refractivity contribution in [1.82, 2.24) is 5.32 Å². The van der Waals surface area contributed by atoms with Crippen LogP contribution in [-0.4, -0.2) is 22.7 Å². The van der Waals surface area contributed by atoms with Gasteiger partial charge in [-0.15, -0.1) is 0 Å². The molecule has 1 fully saturated rings. The number of thiocarbonyl (C=S) groups is 1. The number of carbonyl (C=O) groups excluding carboxylic acids is 3. The molecule has 0 aromatic heterocycles. The molecule has 6 nitrogen and oxygen atoms in total. The number of rotatable bonds is 5. The molecule has 1 aliphatic rings. The Bertz CT molecular complexity index is 1230. The van der Waals surface area contributed by atoms with Gasteiger partial charge in [-0.1, -0.05) is 42.5 Å². The highest BCUT2D eigenvalue weighted by atomic mass is 32.1. The molecule has 3 aromatic carbocycles. The average molecular weight is 442 g/mol. The Morgan fingerprint density at radius 2 is 1.53 bits per heavy atom. The Hall–Kier alpha value is -4.10. The SMILES string of the molecule is CC(=O)c1ccc(/C=C2\C(=O)NC(=S)N(c3ccc(Oc4ccccc4)cc3)C2=O)cc1. The monoisotopic (exact) mass is 442 g/mol. The highest BCUT2D eigenvalue weighted by Crippen LogP contribution is 2.27. The topological polar surface area (TPSA) is 75.7 Å². The molecule has 0 spiro atoms. The lowest BCUT2D eigenvalue weighted by molar-refractivity contribution is -0.122. The lowest BCUT2D eigenvalue weighted by Crippen LogP contribution is -2.54. The Morgan fingerprint density at radius 3 is 2.16 bits per heavy atom. The van der Waals surface area contributed by atoms with Crippen molar-refractivity contribution in [3.8, 4) is 11.5 Å². The van der Waals surface area contributed by atoms with Crippen LogP contribution in [0, 0.1) is 0 Å². The minimum Gasteiger partial charge on any atom is -0.457 e. The summed E-state index contributed by atoms with van der Waals surface area (Å²) in [6.07, 6.45) is 1.48. The van der Waals surface area contributed by atoms with Gasteiger partial charge in [-0.25, -0.2) is 0 Å². The molecule has 3 aromatic rings. The third-order valence-electron chi connectivity index (χ3n) is 4.80. The molecule has 0 saturated carbocycles. The van der Waals surface area contributed by atoms with Crippen LogP contribution in [-0.2, 0) is 9.59 Å². The van der Waals surface area contributed by atoms with Crippen molar-refractivity contribution in [2.75, 3.05) is 4.90 Å². The van der Waals surface area contributed by atoms with Gasteiger partial charge in [0.2, 0.25) is 0 Å². The molecular formula is C25H18N2O4S. The Kier molecular flexibility index (Phi) is 5.91. The van der Waals surface area contributed by atoms with Gasteiger partial charge >= 0.3 is 0 Å². The van der Waals surface area contributed by atoms with Crippen molar-refractivity contribution >= 4 is 46.7 Å². The summed E-state index contributed by atoms with van der Waals surface area (Å²) in [4.78, 5) is 38.3. The summed E-state index contributed by atoms with van der Waals surface area (Å²) in [6.45, 7) is 1.47. The van der Waals surface area contributed by atoms with Crippen molar-refractivity contribution in [1.29, 1.82) is 0 Å². The van der Waals surface area contributed by atoms with Gasteiger partial charge in [0.05, 0.1) is 5.69 Å². The number of hydrogen-bond donors (Lipinski definition) is 1. The lowest BCUT2D eigenvalue weighted by Gasteiger charge is -2.29. The van der Waals surface area contributed by atoms with E-state index in [1.165, 1.54) is 17.9 Å². The number of ketones is 1. The Labute approximate surface area is 190 Å². The molecule has 32 heavy (non-hydrogen) atoms. The third-order valence-corrected chi connectivity index (χ3v) is 5.09. The first-order valence-electron chi connectivity index (χ1n) is 9.78. The first kappa shape index (κ1) is 21.1. The zero-order chi connectivity index (χ0) is 22.7. The van der Waals surface area contributed by atoms with E-state index in [4.69, 9.17) is 17.0 Å². The van der Waals surface area contributed by atoms with Gasteiger partial charge in [0.1, 0.15) is 17.1 Å². The molecule has 1 heterocycles. The van der Waals surface area contributed by atoms with Crippen LogP contribution in [0.25, 0.3) is 6.08 Å². The zero-order valence-corrected chi connectivity index (χ0v) is 17.9. The van der Waals surface area contributed by atoms with Crippen molar-refractivity contribution in [2.24, 2.45) is 0 Å². The minimum absolute atomic E-state index is 0.000746. The largest absolute Gasteiger partial charge is 0.457 e. The number of nitrogens with zero attached hydrogens (tertiary/aromatic N) is 1. The van der Waals surface area contributed by atoms with E-state index < -0.39 is 11.8 Å². The van der Waals surface area contributed by atoms with Crippen LogP contribution in [0.1, 0.15) is 22.8 Å². The summed E-state index contributed by atoms with van der Waals surface area (Å²) in [6, 6.07) is 22.8. The number of hydrogen-bond acceptors (Lipinski definition) is 5. The van der Waals surface area contributed by atoms with E-state index in [9.17, 15) is 14.4 Å². The van der Waals surface area contributed by atoms with E-state index in [2.05, 4.69) is 5.32 Å². The summed E-state index contributed by atoms with van der Waals surface area (Å²) < 4.78 is 5.78. The molecule has 158 valence electrons. The van der Waals surface area contributed by atoms with Crippen LogP contribution < -0.4 is 15.0 Å². The molecule has 4 rings (SSSR count). The second-order valence-corrected chi connectivity index (χ2v) is 7.43. The lowest BCUT2D eigenvalue weighted by atomic mass is 10.0. The number of para-hydroxylation sites is 1. The van der Waals surface area contributed by atoms with Crippen LogP contribution in [0.4, 0.5) is 5.69 Å². The molecule has 0 aliphatic carbocycles. The number of Topliss-reactive ketones (excluding diaryl/α,β-unsaturated/α-hetero) is 1. The summed E-state index contributed by atoms with van der Waals surface area (Å²) in [5.74, 6) is 0.118. The first-order chi connectivity index (χ1) is 15.4. The van der Waals surface area contributed by atoms with E-state index in [1.807, 2.05) is 30.3 Å². The maximum absolute atomic E-state index is 13.1. The van der Waals surface area contributed by atoms with Gasteiger partial charge in [-0.05, 0) is 67.2 Å². The number of benzene rings is 3. The molecule has 7 heteroatoms. The van der Waals surface area contributed by atoms with Crippen molar-refractivity contribution in [3.05, 3.63) is 95.6 Å². The molecule has 1 N–H and O–H groups in total. The maximum Gasteiger partial charge on any atom is 0.270 e. The molecule has 0 atom stereocenters. The van der Waals surface area contributed by atoms with E-state index in [0.717, 1.165) is 0 Å². The van der Waals surface area contributed by atoms with E-state index in [-0.39, 0.29) is 16.5 Å². The van der Waals surface area contributed by atoms with Crippen molar-refractivity contribution in [2.45, 2.75) is 6.92 Å². The standard InChI is InChI=1S/C25H18N2O4S/c1-16(28)18-9-7-17(8-10-18)15-22-23(29)26-25(32)27(24(22)30)19-11-13-21(14-12-19)31-20-5-3-2-4-6-20/h2-15H,1H3,(H,26,29,32)/b22-15+. The molecule has 1 saturated heterocycles. The van der Waals surface area contributed by atoms with Gasteiger partial charge in [0.15, 0.2) is 10.9 Å². The van der Waals surface area contributed by atoms with Crippen LogP contribution in [0.5, 0.6) is 11.5 Å². The molecule has 0 bridgehead atoms. The molecular weight excluding hydrogens is 424 g/mol.